The first kappa shape index (κ1) is 16.7. The molecule has 0 saturated carbocycles. The second-order valence-electron chi connectivity index (χ2n) is 5.07. The van der Waals surface area contributed by atoms with Crippen molar-refractivity contribution in [2.24, 2.45) is 0 Å². The van der Waals surface area contributed by atoms with Crippen molar-refractivity contribution in [2.45, 2.75) is 0 Å². The molecule has 3 aromatic rings. The minimum Gasteiger partial charge on any atom is -0.488 e. The Morgan fingerprint density at radius 2 is 2.04 bits per heavy atom. The Bertz CT molecular complexity index is 1120. The fourth-order valence-electron chi connectivity index (χ4n) is 2.26. The van der Waals surface area contributed by atoms with Gasteiger partial charge in [0.05, 0.1) is 16.6 Å². The molecule has 0 aliphatic rings. The lowest BCUT2D eigenvalue weighted by atomic mass is 10.1. The molecule has 0 spiro atoms. The Labute approximate surface area is 145 Å². The summed E-state index contributed by atoms with van der Waals surface area (Å²) in [5.74, 6) is -0.169. The molecule has 2 N–H and O–H groups in total. The molecule has 26 heavy (non-hydrogen) atoms. The molecule has 0 saturated heterocycles. The normalized spacial score (nSPS) is 10.7. The molecule has 3 rings (SSSR count). The maximum absolute atomic E-state index is 11.6. The fourth-order valence-corrected chi connectivity index (χ4v) is 2.26. The smallest absolute Gasteiger partial charge is 0.395 e. The first-order valence-corrected chi connectivity index (χ1v) is 7.24. The van der Waals surface area contributed by atoms with Crippen LogP contribution in [0, 0.1) is 21.4 Å². The van der Waals surface area contributed by atoms with E-state index in [1.807, 2.05) is 0 Å². The monoisotopic (exact) mass is 350 g/mol. The Balaban J connectivity index is 1.89. The van der Waals surface area contributed by atoms with Crippen LogP contribution in [-0.2, 0) is 0 Å². The first-order chi connectivity index (χ1) is 12.5. The quantitative estimate of drug-likeness (QED) is 0.543. The third kappa shape index (κ3) is 3.20. The summed E-state index contributed by atoms with van der Waals surface area (Å²) in [6.07, 6.45) is 2.78. The summed E-state index contributed by atoms with van der Waals surface area (Å²) in [6, 6.07) is 12.3. The van der Waals surface area contributed by atoms with Gasteiger partial charge in [-0.1, -0.05) is 12.1 Å². The van der Waals surface area contributed by atoms with Gasteiger partial charge in [-0.3, -0.25) is 14.9 Å². The van der Waals surface area contributed by atoms with Gasteiger partial charge in [-0.2, -0.15) is 10.2 Å². The predicted octanol–water partition coefficient (Wildman–Crippen LogP) is 2.69. The highest BCUT2D eigenvalue weighted by molar-refractivity contribution is 5.69. The number of furan rings is 1. The van der Waals surface area contributed by atoms with Gasteiger partial charge in [0.1, 0.15) is 17.3 Å². The number of hydrogen-bond acceptors (Lipinski definition) is 7. The number of rotatable bonds is 4. The zero-order chi connectivity index (χ0) is 18.7. The van der Waals surface area contributed by atoms with Crippen molar-refractivity contribution < 1.29 is 14.4 Å². The third-order valence-electron chi connectivity index (χ3n) is 3.42. The minimum absolute atomic E-state index is 0.0755. The molecule has 0 amide bonds. The molecule has 128 valence electrons. The van der Waals surface area contributed by atoms with E-state index in [1.165, 1.54) is 12.2 Å². The summed E-state index contributed by atoms with van der Waals surface area (Å²) in [6.45, 7) is 0. The highest BCUT2D eigenvalue weighted by Crippen LogP contribution is 2.26. The molecule has 9 heteroatoms. The lowest BCUT2D eigenvalue weighted by Crippen LogP contribution is -2.14. The van der Waals surface area contributed by atoms with Crippen molar-refractivity contribution in [1.29, 1.82) is 5.26 Å². The van der Waals surface area contributed by atoms with Crippen LogP contribution in [0.4, 0.5) is 5.69 Å². The molecule has 2 heterocycles. The number of H-pyrrole nitrogens is 1. The van der Waals surface area contributed by atoms with Gasteiger partial charge in [0.25, 0.3) is 5.88 Å². The standard InChI is InChI=1S/C17H10N4O5/c18-9-10-3-1-2-4-12(10)13-7-5-11(26-13)6-8-14-19-16(22)15(21(24)25)17(23)20-14/h1-8H,(H2,19,20,22,23). The molecule has 0 atom stereocenters. The summed E-state index contributed by atoms with van der Waals surface area (Å²) in [5, 5.41) is 29.3. The molecule has 0 bridgehead atoms. The highest BCUT2D eigenvalue weighted by atomic mass is 16.6. The molecule has 0 unspecified atom stereocenters. The van der Waals surface area contributed by atoms with Crippen LogP contribution < -0.4 is 5.56 Å². The van der Waals surface area contributed by atoms with E-state index in [0.29, 0.717) is 22.6 Å². The second kappa shape index (κ2) is 6.74. The van der Waals surface area contributed by atoms with Crippen LogP contribution in [-0.4, -0.2) is 20.0 Å². The number of nitriles is 1. The lowest BCUT2D eigenvalue weighted by molar-refractivity contribution is -0.387. The molecular weight excluding hydrogens is 340 g/mol. The van der Waals surface area contributed by atoms with E-state index in [1.54, 1.807) is 36.4 Å². The number of hydrogen-bond donors (Lipinski definition) is 2. The Morgan fingerprint density at radius 3 is 2.73 bits per heavy atom. The molecule has 1 aromatic carbocycles. The predicted molar refractivity (Wildman–Crippen MR) is 91.0 cm³/mol. The zero-order valence-electron chi connectivity index (χ0n) is 13.0. The fraction of sp³-hybridized carbons (Fsp3) is 0. The molecule has 2 aromatic heterocycles. The van der Waals surface area contributed by atoms with Crippen molar-refractivity contribution in [3.05, 3.63) is 74.0 Å². The van der Waals surface area contributed by atoms with Crippen LogP contribution in [0.25, 0.3) is 23.5 Å². The molecule has 0 aliphatic heterocycles. The van der Waals surface area contributed by atoms with Crippen molar-refractivity contribution in [3.63, 3.8) is 0 Å². The van der Waals surface area contributed by atoms with Gasteiger partial charge in [0.15, 0.2) is 0 Å². The topological polar surface area (TPSA) is 146 Å². The summed E-state index contributed by atoms with van der Waals surface area (Å²) in [4.78, 5) is 27.0. The van der Waals surface area contributed by atoms with E-state index in [9.17, 15) is 20.0 Å². The molecular formula is C17H10N4O5. The van der Waals surface area contributed by atoms with Crippen LogP contribution in [0.15, 0.2) is 45.6 Å². The number of benzene rings is 1. The van der Waals surface area contributed by atoms with E-state index in [-0.39, 0.29) is 5.82 Å². The SMILES string of the molecule is N#Cc1ccccc1-c1ccc(C=Cc2nc(O)c([N+](=O)[O-])c(=O)[nH]2)o1. The zero-order valence-corrected chi connectivity index (χ0v) is 13.0. The first-order valence-electron chi connectivity index (χ1n) is 7.24. The van der Waals surface area contributed by atoms with Gasteiger partial charge in [0.2, 0.25) is 0 Å². The maximum atomic E-state index is 11.6. The van der Waals surface area contributed by atoms with Gasteiger partial charge >= 0.3 is 11.2 Å². The molecule has 0 fully saturated rings. The van der Waals surface area contributed by atoms with Gasteiger partial charge in [-0.25, -0.2) is 0 Å². The van der Waals surface area contributed by atoms with Crippen LogP contribution in [0.5, 0.6) is 5.88 Å². The molecule has 9 nitrogen and oxygen atoms in total. The van der Waals surface area contributed by atoms with Crippen molar-refractivity contribution >= 4 is 17.8 Å². The number of aromatic nitrogens is 2. The Kier molecular flexibility index (Phi) is 4.32. The summed E-state index contributed by atoms with van der Waals surface area (Å²) < 4.78 is 5.63. The van der Waals surface area contributed by atoms with Crippen LogP contribution in [0.2, 0.25) is 0 Å². The van der Waals surface area contributed by atoms with E-state index >= 15 is 0 Å². The van der Waals surface area contributed by atoms with E-state index < -0.39 is 22.0 Å². The number of nitrogens with one attached hydrogen (secondary N) is 1. The summed E-state index contributed by atoms with van der Waals surface area (Å²) in [5.41, 5.74) is -0.987. The highest BCUT2D eigenvalue weighted by Gasteiger charge is 2.21. The van der Waals surface area contributed by atoms with E-state index in [0.717, 1.165) is 0 Å². The van der Waals surface area contributed by atoms with Gasteiger partial charge < -0.3 is 14.5 Å². The largest absolute Gasteiger partial charge is 0.488 e. The van der Waals surface area contributed by atoms with Gasteiger partial charge in [0, 0.05) is 5.56 Å². The third-order valence-corrected chi connectivity index (χ3v) is 3.42. The van der Waals surface area contributed by atoms with Crippen molar-refractivity contribution in [1.82, 2.24) is 9.97 Å². The second-order valence-corrected chi connectivity index (χ2v) is 5.07. The number of aromatic hydroxyl groups is 1. The maximum Gasteiger partial charge on any atom is 0.395 e. The molecule has 0 radical (unpaired) electrons. The van der Waals surface area contributed by atoms with Crippen molar-refractivity contribution in [2.75, 3.05) is 0 Å². The Morgan fingerprint density at radius 1 is 1.27 bits per heavy atom. The summed E-state index contributed by atoms with van der Waals surface area (Å²) in [7, 11) is 0. The van der Waals surface area contributed by atoms with E-state index in [2.05, 4.69) is 16.0 Å². The van der Waals surface area contributed by atoms with Crippen molar-refractivity contribution in [3.8, 4) is 23.3 Å². The molecule has 0 aliphatic carbocycles. The van der Waals surface area contributed by atoms with Crippen LogP contribution in [0.3, 0.4) is 0 Å². The average molecular weight is 350 g/mol. The average Bonchev–Trinajstić information content (AvgIpc) is 3.08. The Hall–Kier alpha value is -4.19. The van der Waals surface area contributed by atoms with Crippen LogP contribution >= 0.6 is 0 Å². The summed E-state index contributed by atoms with van der Waals surface area (Å²) >= 11 is 0. The lowest BCUT2D eigenvalue weighted by Gasteiger charge is -1.99. The van der Waals surface area contributed by atoms with Gasteiger partial charge in [-0.05, 0) is 36.4 Å². The number of nitro groups is 1. The van der Waals surface area contributed by atoms with E-state index in [4.69, 9.17) is 9.68 Å². The van der Waals surface area contributed by atoms with Gasteiger partial charge in [-0.15, -0.1) is 0 Å². The van der Waals surface area contributed by atoms with Crippen LogP contribution in [0.1, 0.15) is 17.1 Å². The number of aromatic amines is 1. The minimum atomic E-state index is -1.06. The number of nitrogens with zero attached hydrogens (tertiary/aromatic N) is 3.